The maximum atomic E-state index is 13.6. The highest BCUT2D eigenvalue weighted by molar-refractivity contribution is 7.80. The third-order valence-electron chi connectivity index (χ3n) is 3.77. The maximum absolute atomic E-state index is 13.6. The quantitative estimate of drug-likeness (QED) is 0.838. The zero-order chi connectivity index (χ0) is 14.8. The molecule has 1 saturated carbocycles. The second-order valence-corrected chi connectivity index (χ2v) is 5.40. The van der Waals surface area contributed by atoms with E-state index < -0.39 is 11.2 Å². The first-order valence-electron chi connectivity index (χ1n) is 6.44. The summed E-state index contributed by atoms with van der Waals surface area (Å²) in [5, 5.41) is 2.70. The smallest absolute Gasteiger partial charge is 0.237 e. The van der Waals surface area contributed by atoms with Gasteiger partial charge in [-0.25, -0.2) is 4.39 Å². The van der Waals surface area contributed by atoms with E-state index in [2.05, 4.69) is 5.32 Å². The van der Waals surface area contributed by atoms with Gasteiger partial charge in [-0.15, -0.1) is 0 Å². The predicted molar refractivity (Wildman–Crippen MR) is 79.3 cm³/mol. The largest absolute Gasteiger partial charge is 0.494 e. The second kappa shape index (κ2) is 5.75. The van der Waals surface area contributed by atoms with Crippen molar-refractivity contribution in [3.8, 4) is 5.75 Å². The van der Waals surface area contributed by atoms with Crippen molar-refractivity contribution in [2.75, 3.05) is 12.4 Å². The average Bonchev–Trinajstić information content (AvgIpc) is 2.89. The van der Waals surface area contributed by atoms with Gasteiger partial charge in [0.2, 0.25) is 5.91 Å². The van der Waals surface area contributed by atoms with Crippen LogP contribution in [-0.4, -0.2) is 18.0 Å². The third-order valence-corrected chi connectivity index (χ3v) is 4.16. The van der Waals surface area contributed by atoms with E-state index in [0.29, 0.717) is 18.5 Å². The van der Waals surface area contributed by atoms with Crippen LogP contribution in [0.3, 0.4) is 0 Å². The molecule has 0 atom stereocenters. The summed E-state index contributed by atoms with van der Waals surface area (Å²) >= 11 is 5.05. The number of amides is 1. The minimum absolute atomic E-state index is 0.132. The van der Waals surface area contributed by atoms with Crippen LogP contribution in [0.5, 0.6) is 5.75 Å². The molecule has 2 rings (SSSR count). The molecule has 0 radical (unpaired) electrons. The van der Waals surface area contributed by atoms with Crippen LogP contribution in [0.4, 0.5) is 10.1 Å². The van der Waals surface area contributed by atoms with Crippen LogP contribution in [-0.2, 0) is 4.79 Å². The Balaban J connectivity index is 2.19. The molecule has 1 aliphatic rings. The molecule has 0 unspecified atom stereocenters. The van der Waals surface area contributed by atoms with E-state index in [9.17, 15) is 9.18 Å². The lowest BCUT2D eigenvalue weighted by Gasteiger charge is -2.26. The molecule has 1 aromatic carbocycles. The first-order chi connectivity index (χ1) is 9.49. The van der Waals surface area contributed by atoms with Gasteiger partial charge in [-0.1, -0.05) is 25.1 Å². The van der Waals surface area contributed by atoms with Gasteiger partial charge in [-0.3, -0.25) is 4.79 Å². The van der Waals surface area contributed by atoms with Gasteiger partial charge in [0.15, 0.2) is 11.6 Å². The molecule has 1 aliphatic carbocycles. The molecule has 6 heteroatoms. The van der Waals surface area contributed by atoms with Gasteiger partial charge in [0.25, 0.3) is 0 Å². The Bertz CT molecular complexity index is 542. The Morgan fingerprint density at radius 1 is 1.45 bits per heavy atom. The van der Waals surface area contributed by atoms with Gasteiger partial charge in [-0.05, 0) is 25.0 Å². The molecule has 0 aliphatic heterocycles. The van der Waals surface area contributed by atoms with Crippen molar-refractivity contribution in [2.45, 2.75) is 25.7 Å². The van der Waals surface area contributed by atoms with Crippen molar-refractivity contribution < 1.29 is 13.9 Å². The van der Waals surface area contributed by atoms with Crippen LogP contribution in [0, 0.1) is 11.2 Å². The molecule has 1 aromatic rings. The SMILES string of the molecule is COc1ccc(NC(=O)C2(C(N)=S)CCCC2)cc1F. The van der Waals surface area contributed by atoms with Crippen LogP contribution in [0.25, 0.3) is 0 Å². The van der Waals surface area contributed by atoms with Gasteiger partial charge in [0.05, 0.1) is 17.5 Å². The molecule has 4 nitrogen and oxygen atoms in total. The zero-order valence-electron chi connectivity index (χ0n) is 11.2. The minimum Gasteiger partial charge on any atom is -0.494 e. The van der Waals surface area contributed by atoms with Crippen LogP contribution < -0.4 is 15.8 Å². The minimum atomic E-state index is -0.800. The van der Waals surface area contributed by atoms with E-state index >= 15 is 0 Å². The standard InChI is InChI=1S/C14H17FN2O2S/c1-19-11-5-4-9(8-10(11)15)17-13(18)14(12(16)20)6-2-3-7-14/h4-5,8H,2-3,6-7H2,1H3,(H2,16,20)(H,17,18). The lowest BCUT2D eigenvalue weighted by Crippen LogP contribution is -2.43. The van der Waals surface area contributed by atoms with E-state index in [1.54, 1.807) is 6.07 Å². The van der Waals surface area contributed by atoms with Crippen molar-refractivity contribution in [1.29, 1.82) is 0 Å². The third kappa shape index (κ3) is 2.60. The summed E-state index contributed by atoms with van der Waals surface area (Å²) in [7, 11) is 1.39. The molecular weight excluding hydrogens is 279 g/mol. The van der Waals surface area contributed by atoms with E-state index in [1.807, 2.05) is 0 Å². The topological polar surface area (TPSA) is 64.3 Å². The van der Waals surface area contributed by atoms with Crippen LogP contribution in [0.2, 0.25) is 0 Å². The lowest BCUT2D eigenvalue weighted by molar-refractivity contribution is -0.122. The van der Waals surface area contributed by atoms with Crippen molar-refractivity contribution in [3.05, 3.63) is 24.0 Å². The fourth-order valence-corrected chi connectivity index (χ4v) is 2.86. The number of rotatable bonds is 4. The number of hydrogen-bond acceptors (Lipinski definition) is 3. The number of ether oxygens (including phenoxy) is 1. The van der Waals surface area contributed by atoms with Crippen molar-refractivity contribution in [1.82, 2.24) is 0 Å². The number of hydrogen-bond donors (Lipinski definition) is 2. The number of benzene rings is 1. The van der Waals surface area contributed by atoms with Crippen molar-refractivity contribution in [2.24, 2.45) is 11.1 Å². The average molecular weight is 296 g/mol. The van der Waals surface area contributed by atoms with Crippen LogP contribution in [0.15, 0.2) is 18.2 Å². The van der Waals surface area contributed by atoms with Gasteiger partial charge in [-0.2, -0.15) is 0 Å². The molecule has 3 N–H and O–H groups in total. The molecular formula is C14H17FN2O2S. The number of thiocarbonyl (C=S) groups is 1. The van der Waals surface area contributed by atoms with Gasteiger partial charge in [0.1, 0.15) is 0 Å². The number of nitrogens with two attached hydrogens (primary N) is 1. The van der Waals surface area contributed by atoms with E-state index in [1.165, 1.54) is 19.2 Å². The number of halogens is 1. The summed E-state index contributed by atoms with van der Waals surface area (Å²) in [5.41, 5.74) is 5.31. The van der Waals surface area contributed by atoms with Crippen LogP contribution >= 0.6 is 12.2 Å². The lowest BCUT2D eigenvalue weighted by atomic mass is 9.85. The van der Waals surface area contributed by atoms with E-state index in [0.717, 1.165) is 12.8 Å². The van der Waals surface area contributed by atoms with Crippen molar-refractivity contribution in [3.63, 3.8) is 0 Å². The summed E-state index contributed by atoms with van der Waals surface area (Å²) in [5.74, 6) is -0.652. The number of carbonyl (C=O) groups excluding carboxylic acids is 1. The number of carbonyl (C=O) groups is 1. The molecule has 1 fully saturated rings. The Labute approximate surface area is 122 Å². The van der Waals surface area contributed by atoms with Crippen LogP contribution in [0.1, 0.15) is 25.7 Å². The normalized spacial score (nSPS) is 16.7. The first kappa shape index (κ1) is 14.7. The summed E-state index contributed by atoms with van der Waals surface area (Å²) in [6.45, 7) is 0. The Kier molecular flexibility index (Phi) is 4.23. The van der Waals surface area contributed by atoms with E-state index in [4.69, 9.17) is 22.7 Å². The Morgan fingerprint density at radius 2 is 2.10 bits per heavy atom. The van der Waals surface area contributed by atoms with Crippen molar-refractivity contribution >= 4 is 28.8 Å². The molecule has 0 saturated heterocycles. The van der Waals surface area contributed by atoms with E-state index in [-0.39, 0.29) is 16.6 Å². The highest BCUT2D eigenvalue weighted by atomic mass is 32.1. The molecule has 0 bridgehead atoms. The highest BCUT2D eigenvalue weighted by Crippen LogP contribution is 2.39. The summed E-state index contributed by atoms with van der Waals surface area (Å²) in [4.78, 5) is 12.6. The van der Waals surface area contributed by atoms with Gasteiger partial charge < -0.3 is 15.8 Å². The molecule has 20 heavy (non-hydrogen) atoms. The predicted octanol–water partition coefficient (Wildman–Crippen LogP) is 2.62. The number of anilines is 1. The first-order valence-corrected chi connectivity index (χ1v) is 6.85. The molecule has 0 aromatic heterocycles. The highest BCUT2D eigenvalue weighted by Gasteiger charge is 2.43. The summed E-state index contributed by atoms with van der Waals surface area (Å²) in [6, 6.07) is 4.27. The number of nitrogens with one attached hydrogen (secondary N) is 1. The fourth-order valence-electron chi connectivity index (χ4n) is 2.56. The Hall–Kier alpha value is -1.69. The zero-order valence-corrected chi connectivity index (χ0v) is 12.1. The molecule has 108 valence electrons. The fraction of sp³-hybridized carbons (Fsp3) is 0.429. The number of methoxy groups -OCH3 is 1. The summed E-state index contributed by atoms with van der Waals surface area (Å²) < 4.78 is 18.4. The Morgan fingerprint density at radius 3 is 2.60 bits per heavy atom. The van der Waals surface area contributed by atoms with Gasteiger partial charge in [0, 0.05) is 11.8 Å². The molecule has 0 spiro atoms. The van der Waals surface area contributed by atoms with Gasteiger partial charge >= 0.3 is 0 Å². The molecule has 1 amide bonds. The monoisotopic (exact) mass is 296 g/mol. The second-order valence-electron chi connectivity index (χ2n) is 4.96. The summed E-state index contributed by atoms with van der Waals surface area (Å²) in [6.07, 6.45) is 3.13. The molecule has 0 heterocycles. The maximum Gasteiger partial charge on any atom is 0.237 e.